The smallest absolute Gasteiger partial charge is 0.239 e. The van der Waals surface area contributed by atoms with Gasteiger partial charge in [0.1, 0.15) is 0 Å². The molecule has 5 heteroatoms. The number of hydrogen-bond donors (Lipinski definition) is 2. The number of nitrogens with one attached hydrogen (secondary N) is 1. The lowest BCUT2D eigenvalue weighted by Crippen LogP contribution is -2.47. The topological polar surface area (TPSA) is 61.8 Å². The summed E-state index contributed by atoms with van der Waals surface area (Å²) < 4.78 is 4.83. The Morgan fingerprint density at radius 1 is 1.69 bits per heavy atom. The van der Waals surface area contributed by atoms with Crippen LogP contribution in [0.25, 0.3) is 0 Å². The second-order valence-corrected chi connectivity index (χ2v) is 4.53. The largest absolute Gasteiger partial charge is 0.389 e. The van der Waals surface area contributed by atoms with E-state index in [0.717, 1.165) is 13.0 Å². The number of carbonyl (C=O) groups is 1. The number of aliphatic hydroxyl groups is 1. The van der Waals surface area contributed by atoms with Gasteiger partial charge in [-0.1, -0.05) is 6.92 Å². The number of nitrogens with zero attached hydrogens (tertiary/aromatic N) is 1. The molecule has 3 unspecified atom stereocenters. The highest BCUT2D eigenvalue weighted by Crippen LogP contribution is 2.16. The molecule has 0 saturated carbocycles. The molecule has 0 aliphatic carbocycles. The molecular weight excluding hydrogens is 208 g/mol. The van der Waals surface area contributed by atoms with Crippen molar-refractivity contribution in [2.24, 2.45) is 5.92 Å². The van der Waals surface area contributed by atoms with Crippen molar-refractivity contribution in [2.75, 3.05) is 33.9 Å². The summed E-state index contributed by atoms with van der Waals surface area (Å²) in [5.41, 5.74) is 0. The zero-order valence-electron chi connectivity index (χ0n) is 10.3. The van der Waals surface area contributed by atoms with E-state index in [2.05, 4.69) is 12.2 Å². The predicted octanol–water partition coefficient (Wildman–Crippen LogP) is -0.550. The number of amides is 1. The van der Waals surface area contributed by atoms with Gasteiger partial charge in [0.05, 0.1) is 18.8 Å². The summed E-state index contributed by atoms with van der Waals surface area (Å²) in [7, 11) is 3.25. The summed E-state index contributed by atoms with van der Waals surface area (Å²) >= 11 is 0. The third-order valence-corrected chi connectivity index (χ3v) is 3.02. The molecule has 0 aromatic heterocycles. The number of likely N-dealkylation sites (N-methyl/N-ethyl adjacent to an activating group) is 1. The minimum Gasteiger partial charge on any atom is -0.389 e. The standard InChI is InChI=1S/C11H22N2O3/c1-8-4-5-12-10(8)11(15)13(2)6-9(14)7-16-3/h8-10,12,14H,4-7H2,1-3H3. The number of hydrogen-bond acceptors (Lipinski definition) is 4. The van der Waals surface area contributed by atoms with Gasteiger partial charge in [0, 0.05) is 20.7 Å². The van der Waals surface area contributed by atoms with Gasteiger partial charge < -0.3 is 20.1 Å². The second kappa shape index (κ2) is 6.18. The molecule has 94 valence electrons. The van der Waals surface area contributed by atoms with Crippen LogP contribution >= 0.6 is 0 Å². The van der Waals surface area contributed by atoms with E-state index in [1.54, 1.807) is 11.9 Å². The SMILES string of the molecule is COCC(O)CN(C)C(=O)C1NCCC1C. The van der Waals surface area contributed by atoms with E-state index in [-0.39, 0.29) is 18.6 Å². The predicted molar refractivity (Wildman–Crippen MR) is 61.1 cm³/mol. The summed E-state index contributed by atoms with van der Waals surface area (Å²) in [6.07, 6.45) is 0.417. The lowest BCUT2D eigenvalue weighted by molar-refractivity contribution is -0.134. The minimum atomic E-state index is -0.615. The molecule has 1 rings (SSSR count). The van der Waals surface area contributed by atoms with Crippen LogP contribution in [0.15, 0.2) is 0 Å². The number of carbonyl (C=O) groups excluding carboxylic acids is 1. The zero-order chi connectivity index (χ0) is 12.1. The quantitative estimate of drug-likeness (QED) is 0.665. The van der Waals surface area contributed by atoms with Crippen LogP contribution < -0.4 is 5.32 Å². The summed E-state index contributed by atoms with van der Waals surface area (Å²) in [4.78, 5) is 13.6. The average Bonchev–Trinajstić information content (AvgIpc) is 2.63. The first-order chi connectivity index (χ1) is 7.56. The Kier molecular flexibility index (Phi) is 5.18. The summed E-state index contributed by atoms with van der Waals surface area (Å²) in [6.45, 7) is 3.54. The fourth-order valence-corrected chi connectivity index (χ4v) is 2.05. The fraction of sp³-hybridized carbons (Fsp3) is 0.909. The maximum Gasteiger partial charge on any atom is 0.239 e. The first-order valence-corrected chi connectivity index (χ1v) is 5.71. The number of aliphatic hydroxyl groups excluding tert-OH is 1. The molecule has 1 saturated heterocycles. The highest BCUT2D eigenvalue weighted by atomic mass is 16.5. The summed E-state index contributed by atoms with van der Waals surface area (Å²) in [5, 5.41) is 12.7. The van der Waals surface area contributed by atoms with E-state index in [1.165, 1.54) is 7.11 Å². The maximum absolute atomic E-state index is 12.0. The Morgan fingerprint density at radius 2 is 2.38 bits per heavy atom. The Morgan fingerprint density at radius 3 is 2.88 bits per heavy atom. The van der Waals surface area contributed by atoms with Crippen LogP contribution in [0.5, 0.6) is 0 Å². The van der Waals surface area contributed by atoms with Crippen molar-refractivity contribution in [1.29, 1.82) is 0 Å². The third-order valence-electron chi connectivity index (χ3n) is 3.02. The zero-order valence-corrected chi connectivity index (χ0v) is 10.3. The number of rotatable bonds is 5. The van der Waals surface area contributed by atoms with Crippen LogP contribution in [-0.4, -0.2) is 61.9 Å². The van der Waals surface area contributed by atoms with Gasteiger partial charge in [0.2, 0.25) is 5.91 Å². The van der Waals surface area contributed by atoms with E-state index in [1.807, 2.05) is 0 Å². The molecule has 1 aliphatic rings. The first-order valence-electron chi connectivity index (χ1n) is 5.71. The summed E-state index contributed by atoms with van der Waals surface area (Å²) in [6, 6.07) is -0.0975. The third kappa shape index (κ3) is 3.43. The molecule has 0 radical (unpaired) electrons. The van der Waals surface area contributed by atoms with E-state index >= 15 is 0 Å². The Bertz CT molecular complexity index is 235. The van der Waals surface area contributed by atoms with Crippen molar-refractivity contribution in [1.82, 2.24) is 10.2 Å². The van der Waals surface area contributed by atoms with E-state index in [9.17, 15) is 9.90 Å². The van der Waals surface area contributed by atoms with Crippen molar-refractivity contribution in [3.63, 3.8) is 0 Å². The van der Waals surface area contributed by atoms with Gasteiger partial charge in [-0.25, -0.2) is 0 Å². The molecule has 0 aromatic carbocycles. The molecule has 0 bridgehead atoms. The van der Waals surface area contributed by atoms with Gasteiger partial charge in [-0.05, 0) is 18.9 Å². The molecule has 0 aromatic rings. The maximum atomic E-state index is 12.0. The van der Waals surface area contributed by atoms with E-state index in [0.29, 0.717) is 12.5 Å². The van der Waals surface area contributed by atoms with Gasteiger partial charge in [-0.15, -0.1) is 0 Å². The van der Waals surface area contributed by atoms with E-state index < -0.39 is 6.10 Å². The molecule has 16 heavy (non-hydrogen) atoms. The first kappa shape index (κ1) is 13.4. The number of ether oxygens (including phenoxy) is 1. The van der Waals surface area contributed by atoms with Gasteiger partial charge >= 0.3 is 0 Å². The molecule has 1 amide bonds. The lowest BCUT2D eigenvalue weighted by Gasteiger charge is -2.25. The molecule has 2 N–H and O–H groups in total. The Labute approximate surface area is 96.8 Å². The highest BCUT2D eigenvalue weighted by Gasteiger charge is 2.31. The van der Waals surface area contributed by atoms with Crippen LogP contribution in [0.4, 0.5) is 0 Å². The van der Waals surface area contributed by atoms with Gasteiger partial charge in [-0.2, -0.15) is 0 Å². The van der Waals surface area contributed by atoms with Crippen molar-refractivity contribution in [3.05, 3.63) is 0 Å². The van der Waals surface area contributed by atoms with Crippen molar-refractivity contribution in [3.8, 4) is 0 Å². The van der Waals surface area contributed by atoms with Crippen LogP contribution in [-0.2, 0) is 9.53 Å². The van der Waals surface area contributed by atoms with Gasteiger partial charge in [-0.3, -0.25) is 4.79 Å². The summed E-state index contributed by atoms with van der Waals surface area (Å²) in [5.74, 6) is 0.426. The fourth-order valence-electron chi connectivity index (χ4n) is 2.05. The van der Waals surface area contributed by atoms with E-state index in [4.69, 9.17) is 4.74 Å². The molecule has 1 heterocycles. The van der Waals surface area contributed by atoms with Crippen LogP contribution in [0, 0.1) is 5.92 Å². The van der Waals surface area contributed by atoms with Crippen molar-refractivity contribution >= 4 is 5.91 Å². The monoisotopic (exact) mass is 230 g/mol. The second-order valence-electron chi connectivity index (χ2n) is 4.53. The Balaban J connectivity index is 2.40. The van der Waals surface area contributed by atoms with Gasteiger partial charge in [0.15, 0.2) is 0 Å². The lowest BCUT2D eigenvalue weighted by atomic mass is 10.0. The number of methoxy groups -OCH3 is 1. The molecule has 0 spiro atoms. The molecular formula is C11H22N2O3. The van der Waals surface area contributed by atoms with Crippen LogP contribution in [0.2, 0.25) is 0 Å². The van der Waals surface area contributed by atoms with Crippen molar-refractivity contribution in [2.45, 2.75) is 25.5 Å². The molecule has 1 fully saturated rings. The normalized spacial score (nSPS) is 26.8. The molecule has 1 aliphatic heterocycles. The molecule has 3 atom stereocenters. The highest BCUT2D eigenvalue weighted by molar-refractivity contribution is 5.82. The minimum absolute atomic E-state index is 0.0557. The van der Waals surface area contributed by atoms with Gasteiger partial charge in [0.25, 0.3) is 0 Å². The van der Waals surface area contributed by atoms with Crippen LogP contribution in [0.1, 0.15) is 13.3 Å². The Hall–Kier alpha value is -0.650. The van der Waals surface area contributed by atoms with Crippen molar-refractivity contribution < 1.29 is 14.6 Å². The van der Waals surface area contributed by atoms with Crippen LogP contribution in [0.3, 0.4) is 0 Å². The average molecular weight is 230 g/mol. The molecule has 5 nitrogen and oxygen atoms in total.